The van der Waals surface area contributed by atoms with Crippen molar-refractivity contribution in [1.29, 1.82) is 0 Å². The normalized spacial score (nSPS) is 15.7. The Balaban J connectivity index is 1.44. The molecular weight excluding hydrogens is 440 g/mol. The molecule has 1 aromatic carbocycles. The predicted molar refractivity (Wildman–Crippen MR) is 118 cm³/mol. The van der Waals surface area contributed by atoms with Gasteiger partial charge in [-0.1, -0.05) is 6.07 Å². The standard InChI is InChI=1S/C21H28N2O6S2/c1-27-19-7-5-16(11-20(19)28-2)13-29-14-17(24)15-30-21-8-6-18(12-22-21)31(25,26)23-9-3-4-10-23/h5-8,11-12,17,24H,3-4,9-10,13-15H2,1-2H3. The molecule has 0 radical (unpaired) electrons. The van der Waals surface area contributed by atoms with Gasteiger partial charge in [-0.05, 0) is 42.7 Å². The molecule has 1 unspecified atom stereocenters. The van der Waals surface area contributed by atoms with Gasteiger partial charge < -0.3 is 19.3 Å². The van der Waals surface area contributed by atoms with E-state index in [1.54, 1.807) is 26.4 Å². The number of methoxy groups -OCH3 is 2. The number of thioether (sulfide) groups is 1. The first-order valence-corrected chi connectivity index (χ1v) is 12.4. The van der Waals surface area contributed by atoms with Crippen molar-refractivity contribution in [2.75, 3.05) is 39.7 Å². The van der Waals surface area contributed by atoms with Crippen LogP contribution in [0.2, 0.25) is 0 Å². The van der Waals surface area contributed by atoms with Crippen LogP contribution in [0.15, 0.2) is 46.5 Å². The number of pyridine rings is 1. The monoisotopic (exact) mass is 468 g/mol. The molecule has 0 spiro atoms. The van der Waals surface area contributed by atoms with E-state index in [1.165, 1.54) is 22.3 Å². The van der Waals surface area contributed by atoms with E-state index in [1.807, 2.05) is 18.2 Å². The first-order valence-electron chi connectivity index (χ1n) is 9.99. The number of aliphatic hydroxyl groups is 1. The minimum absolute atomic E-state index is 0.169. The highest BCUT2D eigenvalue weighted by Gasteiger charge is 2.27. The first-order chi connectivity index (χ1) is 14.9. The summed E-state index contributed by atoms with van der Waals surface area (Å²) in [5.41, 5.74) is 0.911. The Labute approximate surface area is 187 Å². The molecule has 1 aliphatic rings. The maximum Gasteiger partial charge on any atom is 0.244 e. The minimum Gasteiger partial charge on any atom is -0.493 e. The van der Waals surface area contributed by atoms with Gasteiger partial charge in [0.2, 0.25) is 10.0 Å². The lowest BCUT2D eigenvalue weighted by Crippen LogP contribution is -2.27. The summed E-state index contributed by atoms with van der Waals surface area (Å²) in [4.78, 5) is 4.44. The largest absolute Gasteiger partial charge is 0.493 e. The summed E-state index contributed by atoms with van der Waals surface area (Å²) < 4.78 is 42.6. The molecule has 1 saturated heterocycles. The Kier molecular flexibility index (Phi) is 8.56. The second-order valence-electron chi connectivity index (χ2n) is 7.11. The van der Waals surface area contributed by atoms with Gasteiger partial charge >= 0.3 is 0 Å². The van der Waals surface area contributed by atoms with Crippen LogP contribution in [0.5, 0.6) is 11.5 Å². The summed E-state index contributed by atoms with van der Waals surface area (Å²) in [5, 5.41) is 10.8. The average molecular weight is 469 g/mol. The molecule has 0 aliphatic carbocycles. The Morgan fingerprint density at radius 1 is 1.13 bits per heavy atom. The van der Waals surface area contributed by atoms with E-state index in [2.05, 4.69) is 4.98 Å². The summed E-state index contributed by atoms with van der Waals surface area (Å²) in [6, 6.07) is 8.77. The number of hydrogen-bond acceptors (Lipinski definition) is 8. The van der Waals surface area contributed by atoms with Crippen LogP contribution in [0, 0.1) is 0 Å². The van der Waals surface area contributed by atoms with Crippen LogP contribution < -0.4 is 9.47 Å². The SMILES string of the molecule is COc1ccc(COCC(O)CSc2ccc(S(=O)(=O)N3CCCC3)cn2)cc1OC. The van der Waals surface area contributed by atoms with Gasteiger partial charge in [-0.3, -0.25) is 0 Å². The lowest BCUT2D eigenvalue weighted by molar-refractivity contribution is 0.0397. The van der Waals surface area contributed by atoms with Crippen LogP contribution in [-0.2, 0) is 21.4 Å². The lowest BCUT2D eigenvalue weighted by atomic mass is 10.2. The third-order valence-electron chi connectivity index (χ3n) is 4.86. The molecule has 1 atom stereocenters. The van der Waals surface area contributed by atoms with Gasteiger partial charge in [-0.15, -0.1) is 11.8 Å². The van der Waals surface area contributed by atoms with E-state index in [-0.39, 0.29) is 11.5 Å². The molecule has 8 nitrogen and oxygen atoms in total. The Hall–Kier alpha value is -1.85. The van der Waals surface area contributed by atoms with Crippen molar-refractivity contribution in [3.63, 3.8) is 0 Å². The molecule has 10 heteroatoms. The molecule has 2 heterocycles. The molecule has 0 amide bonds. The number of sulfonamides is 1. The predicted octanol–water partition coefficient (Wildman–Crippen LogP) is 2.55. The van der Waals surface area contributed by atoms with Gasteiger partial charge in [-0.2, -0.15) is 4.31 Å². The fraction of sp³-hybridized carbons (Fsp3) is 0.476. The molecule has 3 rings (SSSR count). The maximum atomic E-state index is 12.5. The number of nitrogens with zero attached hydrogens (tertiary/aromatic N) is 2. The van der Waals surface area contributed by atoms with Crippen molar-refractivity contribution in [2.24, 2.45) is 0 Å². The zero-order chi connectivity index (χ0) is 22.3. The van der Waals surface area contributed by atoms with Gasteiger partial charge in [0.05, 0.1) is 38.6 Å². The number of hydrogen-bond donors (Lipinski definition) is 1. The van der Waals surface area contributed by atoms with E-state index < -0.39 is 16.1 Å². The minimum atomic E-state index is -3.46. The Bertz CT molecular complexity index is 947. The topological polar surface area (TPSA) is 98.2 Å². The lowest BCUT2D eigenvalue weighted by Gasteiger charge is -2.15. The fourth-order valence-corrected chi connectivity index (χ4v) is 5.41. The third-order valence-corrected chi connectivity index (χ3v) is 7.83. The van der Waals surface area contributed by atoms with Crippen LogP contribution in [0.1, 0.15) is 18.4 Å². The molecular formula is C21H28N2O6S2. The molecule has 170 valence electrons. The van der Waals surface area contributed by atoms with Gasteiger partial charge in [0, 0.05) is 25.0 Å². The van der Waals surface area contributed by atoms with Gasteiger partial charge in [-0.25, -0.2) is 13.4 Å². The zero-order valence-electron chi connectivity index (χ0n) is 17.7. The van der Waals surface area contributed by atoms with Crippen molar-refractivity contribution in [1.82, 2.24) is 9.29 Å². The van der Waals surface area contributed by atoms with Crippen LogP contribution >= 0.6 is 11.8 Å². The highest BCUT2D eigenvalue weighted by molar-refractivity contribution is 7.99. The number of ether oxygens (including phenoxy) is 3. The third kappa shape index (κ3) is 6.33. The quantitative estimate of drug-likeness (QED) is 0.503. The van der Waals surface area contributed by atoms with Crippen LogP contribution in [0.3, 0.4) is 0 Å². The van der Waals surface area contributed by atoms with Gasteiger partial charge in [0.1, 0.15) is 4.90 Å². The smallest absolute Gasteiger partial charge is 0.244 e. The maximum absolute atomic E-state index is 12.5. The molecule has 1 aromatic heterocycles. The highest BCUT2D eigenvalue weighted by atomic mass is 32.2. The number of benzene rings is 1. The molecule has 1 aliphatic heterocycles. The van der Waals surface area contributed by atoms with Gasteiger partial charge in [0.25, 0.3) is 0 Å². The molecule has 1 fully saturated rings. The van der Waals surface area contributed by atoms with E-state index in [9.17, 15) is 13.5 Å². The summed E-state index contributed by atoms with van der Waals surface area (Å²) in [6.45, 7) is 1.63. The van der Waals surface area contributed by atoms with Crippen LogP contribution in [0.25, 0.3) is 0 Å². The molecule has 0 bridgehead atoms. The summed E-state index contributed by atoms with van der Waals surface area (Å²) in [5.74, 6) is 1.66. The van der Waals surface area contributed by atoms with Crippen molar-refractivity contribution in [3.8, 4) is 11.5 Å². The molecule has 2 aromatic rings. The molecule has 1 N–H and O–H groups in total. The van der Waals surface area contributed by atoms with Crippen LogP contribution in [0.4, 0.5) is 0 Å². The first kappa shape index (κ1) is 23.8. The van der Waals surface area contributed by atoms with Gasteiger partial charge in [0.15, 0.2) is 11.5 Å². The summed E-state index contributed by atoms with van der Waals surface area (Å²) in [7, 11) is -0.304. The van der Waals surface area contributed by atoms with E-state index >= 15 is 0 Å². The fourth-order valence-electron chi connectivity index (χ4n) is 3.20. The van der Waals surface area contributed by atoms with E-state index in [4.69, 9.17) is 14.2 Å². The van der Waals surface area contributed by atoms with E-state index in [0.717, 1.165) is 18.4 Å². The van der Waals surface area contributed by atoms with Crippen molar-refractivity contribution in [3.05, 3.63) is 42.1 Å². The second kappa shape index (κ2) is 11.1. The number of aromatic nitrogens is 1. The zero-order valence-corrected chi connectivity index (χ0v) is 19.3. The number of rotatable bonds is 11. The molecule has 0 saturated carbocycles. The second-order valence-corrected chi connectivity index (χ2v) is 10.1. The summed E-state index contributed by atoms with van der Waals surface area (Å²) >= 11 is 1.35. The Morgan fingerprint density at radius 2 is 1.87 bits per heavy atom. The molecule has 31 heavy (non-hydrogen) atoms. The summed E-state index contributed by atoms with van der Waals surface area (Å²) in [6.07, 6.45) is 2.50. The Morgan fingerprint density at radius 3 is 2.52 bits per heavy atom. The highest BCUT2D eigenvalue weighted by Crippen LogP contribution is 2.28. The van der Waals surface area contributed by atoms with Crippen molar-refractivity contribution < 1.29 is 27.7 Å². The van der Waals surface area contributed by atoms with E-state index in [0.29, 0.717) is 42.0 Å². The van der Waals surface area contributed by atoms with Crippen molar-refractivity contribution >= 4 is 21.8 Å². The average Bonchev–Trinajstić information content (AvgIpc) is 3.34. The number of aliphatic hydroxyl groups excluding tert-OH is 1. The van der Waals surface area contributed by atoms with Crippen molar-refractivity contribution in [2.45, 2.75) is 35.5 Å². The van der Waals surface area contributed by atoms with Crippen LogP contribution in [-0.4, -0.2) is 68.6 Å².